The van der Waals surface area contributed by atoms with Crippen molar-refractivity contribution in [3.8, 4) is 0 Å². The van der Waals surface area contributed by atoms with Gasteiger partial charge in [0.15, 0.2) is 0 Å². The van der Waals surface area contributed by atoms with E-state index in [0.717, 1.165) is 25.8 Å². The van der Waals surface area contributed by atoms with Gasteiger partial charge in [-0.2, -0.15) is 0 Å². The van der Waals surface area contributed by atoms with Gasteiger partial charge in [-0.05, 0) is 26.3 Å². The average Bonchev–Trinajstić information content (AvgIpc) is 2.27. The molecule has 0 aromatic heterocycles. The van der Waals surface area contributed by atoms with E-state index in [4.69, 9.17) is 5.11 Å². The SMILES string of the molecule is CCNC(=O)CCN1CCCCC1CC(=O)O. The lowest BCUT2D eigenvalue weighted by atomic mass is 9.99. The summed E-state index contributed by atoms with van der Waals surface area (Å²) in [7, 11) is 0. The zero-order valence-electron chi connectivity index (χ0n) is 10.4. The lowest BCUT2D eigenvalue weighted by Gasteiger charge is -2.34. The molecule has 1 unspecified atom stereocenters. The quantitative estimate of drug-likeness (QED) is 0.724. The highest BCUT2D eigenvalue weighted by Gasteiger charge is 2.24. The maximum atomic E-state index is 11.4. The van der Waals surface area contributed by atoms with Crippen molar-refractivity contribution in [1.82, 2.24) is 10.2 Å². The minimum absolute atomic E-state index is 0.0483. The second kappa shape index (κ2) is 7.27. The van der Waals surface area contributed by atoms with Crippen LogP contribution in [0.2, 0.25) is 0 Å². The van der Waals surface area contributed by atoms with Gasteiger partial charge < -0.3 is 10.4 Å². The van der Waals surface area contributed by atoms with Crippen molar-refractivity contribution in [2.45, 2.75) is 45.1 Å². The standard InChI is InChI=1S/C12H22N2O3/c1-2-13-11(15)6-8-14-7-4-3-5-10(14)9-12(16)17/h10H,2-9H2,1H3,(H,13,15)(H,16,17). The molecule has 1 fully saturated rings. The molecule has 0 aromatic rings. The Labute approximate surface area is 102 Å². The maximum Gasteiger partial charge on any atom is 0.304 e. The summed E-state index contributed by atoms with van der Waals surface area (Å²) < 4.78 is 0. The van der Waals surface area contributed by atoms with Crippen LogP contribution in [0.5, 0.6) is 0 Å². The summed E-state index contributed by atoms with van der Waals surface area (Å²) in [4.78, 5) is 24.3. The first-order valence-electron chi connectivity index (χ1n) is 6.36. The summed E-state index contributed by atoms with van der Waals surface area (Å²) in [5, 5.41) is 11.6. The second-order valence-corrected chi connectivity index (χ2v) is 4.49. The van der Waals surface area contributed by atoms with Crippen molar-refractivity contribution in [3.05, 3.63) is 0 Å². The Bertz CT molecular complexity index is 268. The summed E-state index contributed by atoms with van der Waals surface area (Å²) in [5.74, 6) is -0.702. The second-order valence-electron chi connectivity index (χ2n) is 4.49. The van der Waals surface area contributed by atoms with Crippen LogP contribution in [0, 0.1) is 0 Å². The molecule has 0 saturated carbocycles. The van der Waals surface area contributed by atoms with E-state index in [9.17, 15) is 9.59 Å². The molecule has 0 spiro atoms. The van der Waals surface area contributed by atoms with Gasteiger partial charge in [-0.15, -0.1) is 0 Å². The first-order valence-corrected chi connectivity index (χ1v) is 6.36. The molecule has 1 rings (SSSR count). The van der Waals surface area contributed by atoms with Gasteiger partial charge in [-0.1, -0.05) is 6.42 Å². The number of likely N-dealkylation sites (tertiary alicyclic amines) is 1. The number of amides is 1. The molecule has 2 N–H and O–H groups in total. The molecule has 98 valence electrons. The molecule has 5 heteroatoms. The maximum absolute atomic E-state index is 11.4. The average molecular weight is 242 g/mol. The van der Waals surface area contributed by atoms with Gasteiger partial charge in [0.05, 0.1) is 6.42 Å². The monoisotopic (exact) mass is 242 g/mol. The van der Waals surface area contributed by atoms with Gasteiger partial charge in [0, 0.05) is 25.6 Å². The highest BCUT2D eigenvalue weighted by Crippen LogP contribution is 2.19. The van der Waals surface area contributed by atoms with Gasteiger partial charge in [0.2, 0.25) is 5.91 Å². The topological polar surface area (TPSA) is 69.6 Å². The molecular weight excluding hydrogens is 220 g/mol. The smallest absolute Gasteiger partial charge is 0.304 e. The Morgan fingerprint density at radius 3 is 2.82 bits per heavy atom. The van der Waals surface area contributed by atoms with Crippen molar-refractivity contribution in [3.63, 3.8) is 0 Å². The number of nitrogens with zero attached hydrogens (tertiary/aromatic N) is 1. The van der Waals surface area contributed by atoms with E-state index < -0.39 is 5.97 Å². The van der Waals surface area contributed by atoms with Crippen molar-refractivity contribution in [2.24, 2.45) is 0 Å². The third-order valence-electron chi connectivity index (χ3n) is 3.16. The molecule has 0 radical (unpaired) electrons. The fourth-order valence-electron chi connectivity index (χ4n) is 2.32. The fraction of sp³-hybridized carbons (Fsp3) is 0.833. The van der Waals surface area contributed by atoms with E-state index >= 15 is 0 Å². The normalized spacial score (nSPS) is 21.1. The van der Waals surface area contributed by atoms with Crippen LogP contribution in [-0.4, -0.2) is 47.6 Å². The van der Waals surface area contributed by atoms with Gasteiger partial charge in [0.25, 0.3) is 0 Å². The van der Waals surface area contributed by atoms with Crippen LogP contribution in [-0.2, 0) is 9.59 Å². The largest absolute Gasteiger partial charge is 0.481 e. The number of hydrogen-bond donors (Lipinski definition) is 2. The minimum atomic E-state index is -0.750. The van der Waals surface area contributed by atoms with Crippen LogP contribution >= 0.6 is 0 Å². The van der Waals surface area contributed by atoms with Crippen molar-refractivity contribution >= 4 is 11.9 Å². The number of rotatable bonds is 6. The Kier molecular flexibility index (Phi) is 5.97. The molecule has 0 aliphatic carbocycles. The predicted molar refractivity (Wildman–Crippen MR) is 64.8 cm³/mol. The van der Waals surface area contributed by atoms with Crippen LogP contribution in [0.15, 0.2) is 0 Å². The molecular formula is C12H22N2O3. The highest BCUT2D eigenvalue weighted by molar-refractivity contribution is 5.76. The third kappa shape index (κ3) is 5.17. The highest BCUT2D eigenvalue weighted by atomic mass is 16.4. The van der Waals surface area contributed by atoms with E-state index in [2.05, 4.69) is 10.2 Å². The van der Waals surface area contributed by atoms with Crippen LogP contribution < -0.4 is 5.32 Å². The van der Waals surface area contributed by atoms with Gasteiger partial charge in [-0.3, -0.25) is 14.5 Å². The molecule has 0 aromatic carbocycles. The fourth-order valence-corrected chi connectivity index (χ4v) is 2.32. The predicted octanol–water partition coefficient (Wildman–Crippen LogP) is 0.842. The Balaban J connectivity index is 2.37. The van der Waals surface area contributed by atoms with Crippen LogP contribution in [0.1, 0.15) is 39.0 Å². The van der Waals surface area contributed by atoms with Gasteiger partial charge >= 0.3 is 5.97 Å². The van der Waals surface area contributed by atoms with Crippen LogP contribution in [0.25, 0.3) is 0 Å². The lowest BCUT2D eigenvalue weighted by molar-refractivity contribution is -0.138. The number of carbonyl (C=O) groups is 2. The third-order valence-corrected chi connectivity index (χ3v) is 3.16. The Morgan fingerprint density at radius 2 is 2.18 bits per heavy atom. The number of nitrogens with one attached hydrogen (secondary N) is 1. The Hall–Kier alpha value is -1.10. The van der Waals surface area contributed by atoms with E-state index in [-0.39, 0.29) is 18.4 Å². The van der Waals surface area contributed by atoms with Crippen LogP contribution in [0.3, 0.4) is 0 Å². The zero-order chi connectivity index (χ0) is 12.7. The molecule has 1 aliphatic rings. The Morgan fingerprint density at radius 1 is 1.41 bits per heavy atom. The number of hydrogen-bond acceptors (Lipinski definition) is 3. The van der Waals surface area contributed by atoms with Crippen molar-refractivity contribution in [1.29, 1.82) is 0 Å². The van der Waals surface area contributed by atoms with Gasteiger partial charge in [-0.25, -0.2) is 0 Å². The number of carboxylic acids is 1. The summed E-state index contributed by atoms with van der Waals surface area (Å²) in [5.41, 5.74) is 0. The number of aliphatic carboxylic acids is 1. The van der Waals surface area contributed by atoms with Crippen molar-refractivity contribution in [2.75, 3.05) is 19.6 Å². The molecule has 17 heavy (non-hydrogen) atoms. The van der Waals surface area contributed by atoms with E-state index in [1.54, 1.807) is 0 Å². The molecule has 1 heterocycles. The summed E-state index contributed by atoms with van der Waals surface area (Å²) in [6.07, 6.45) is 3.78. The van der Waals surface area contributed by atoms with Crippen LogP contribution in [0.4, 0.5) is 0 Å². The number of carbonyl (C=O) groups excluding carboxylic acids is 1. The van der Waals surface area contributed by atoms with E-state index in [0.29, 0.717) is 19.5 Å². The molecule has 1 amide bonds. The van der Waals surface area contributed by atoms with Crippen molar-refractivity contribution < 1.29 is 14.7 Å². The molecule has 1 aliphatic heterocycles. The van der Waals surface area contributed by atoms with E-state index in [1.165, 1.54) is 0 Å². The molecule has 1 atom stereocenters. The summed E-state index contributed by atoms with van der Waals surface area (Å²) in [6, 6.07) is 0.107. The van der Waals surface area contributed by atoms with E-state index in [1.807, 2.05) is 6.92 Å². The minimum Gasteiger partial charge on any atom is -0.481 e. The number of carboxylic acid groups (broad SMARTS) is 1. The summed E-state index contributed by atoms with van der Waals surface area (Å²) in [6.45, 7) is 4.13. The lowest BCUT2D eigenvalue weighted by Crippen LogP contribution is -2.42. The van der Waals surface area contributed by atoms with Gasteiger partial charge in [0.1, 0.15) is 0 Å². The zero-order valence-corrected chi connectivity index (χ0v) is 10.4. The molecule has 1 saturated heterocycles. The first-order chi connectivity index (χ1) is 8.13. The first kappa shape index (κ1) is 14.0. The molecule has 0 bridgehead atoms. The summed E-state index contributed by atoms with van der Waals surface area (Å²) >= 11 is 0. The molecule has 5 nitrogen and oxygen atoms in total. The number of piperidine rings is 1.